The van der Waals surface area contributed by atoms with Crippen LogP contribution in [0.5, 0.6) is 0 Å². The van der Waals surface area contributed by atoms with Crippen molar-refractivity contribution in [2.75, 3.05) is 19.7 Å². The number of rotatable bonds is 4. The van der Waals surface area contributed by atoms with Crippen molar-refractivity contribution in [2.45, 2.75) is 70.4 Å². The van der Waals surface area contributed by atoms with Gasteiger partial charge in [-0.25, -0.2) is 4.98 Å². The molecular weight excluding hydrogens is 302 g/mol. The van der Waals surface area contributed by atoms with Crippen LogP contribution in [0.4, 0.5) is 0 Å². The van der Waals surface area contributed by atoms with Crippen LogP contribution in [0.2, 0.25) is 0 Å². The first-order chi connectivity index (χ1) is 11.7. The second-order valence-electron chi connectivity index (χ2n) is 7.77. The largest absolute Gasteiger partial charge is 0.368 e. The average molecular weight is 331 g/mol. The second kappa shape index (κ2) is 6.87. The molecule has 1 saturated carbocycles. The van der Waals surface area contributed by atoms with Crippen LogP contribution in [0.1, 0.15) is 62.4 Å². The summed E-state index contributed by atoms with van der Waals surface area (Å²) in [5.74, 6) is 2.86. The van der Waals surface area contributed by atoms with Gasteiger partial charge in [0.1, 0.15) is 11.9 Å². The van der Waals surface area contributed by atoms with Crippen LogP contribution < -0.4 is 0 Å². The predicted molar refractivity (Wildman–Crippen MR) is 91.8 cm³/mol. The van der Waals surface area contributed by atoms with Crippen molar-refractivity contribution in [3.63, 3.8) is 0 Å². The van der Waals surface area contributed by atoms with Gasteiger partial charge in [0, 0.05) is 44.0 Å². The molecule has 1 atom stereocenters. The summed E-state index contributed by atoms with van der Waals surface area (Å²) in [6.45, 7) is 5.76. The van der Waals surface area contributed by atoms with Crippen LogP contribution in [0.25, 0.3) is 0 Å². The third kappa shape index (κ3) is 3.10. The Labute approximate surface area is 144 Å². The minimum atomic E-state index is -0.164. The van der Waals surface area contributed by atoms with Crippen molar-refractivity contribution in [3.05, 3.63) is 17.7 Å². The van der Waals surface area contributed by atoms with Gasteiger partial charge in [0.25, 0.3) is 5.91 Å². The zero-order valence-corrected chi connectivity index (χ0v) is 14.7. The van der Waals surface area contributed by atoms with Crippen LogP contribution in [0, 0.1) is 12.8 Å². The van der Waals surface area contributed by atoms with Crippen LogP contribution in [0.3, 0.4) is 0 Å². The number of piperidine rings is 1. The Morgan fingerprint density at radius 3 is 2.62 bits per heavy atom. The minimum Gasteiger partial charge on any atom is -0.368 e. The monoisotopic (exact) mass is 331 g/mol. The first-order valence-corrected chi connectivity index (χ1v) is 9.65. The van der Waals surface area contributed by atoms with Gasteiger partial charge in [-0.3, -0.25) is 4.79 Å². The Kier molecular flexibility index (Phi) is 4.61. The van der Waals surface area contributed by atoms with E-state index in [0.29, 0.717) is 11.8 Å². The average Bonchev–Trinajstić information content (AvgIpc) is 3.19. The van der Waals surface area contributed by atoms with Crippen molar-refractivity contribution < 1.29 is 9.53 Å². The topological polar surface area (TPSA) is 47.4 Å². The molecule has 4 rings (SSSR count). The molecule has 2 saturated heterocycles. The van der Waals surface area contributed by atoms with Gasteiger partial charge in [0.15, 0.2) is 0 Å². The number of likely N-dealkylation sites (tertiary alicyclic amines) is 1. The van der Waals surface area contributed by atoms with E-state index in [2.05, 4.69) is 16.5 Å². The van der Waals surface area contributed by atoms with Crippen molar-refractivity contribution in [1.82, 2.24) is 14.5 Å². The number of aromatic nitrogens is 2. The summed E-state index contributed by atoms with van der Waals surface area (Å²) >= 11 is 0. The fourth-order valence-electron chi connectivity index (χ4n) is 4.28. The summed E-state index contributed by atoms with van der Waals surface area (Å²) in [6.07, 6.45) is 9.93. The molecule has 132 valence electrons. The van der Waals surface area contributed by atoms with Gasteiger partial charge in [-0.2, -0.15) is 0 Å². The number of nitrogens with zero attached hydrogens (tertiary/aromatic N) is 3. The van der Waals surface area contributed by atoms with E-state index in [4.69, 9.17) is 4.74 Å². The van der Waals surface area contributed by atoms with Gasteiger partial charge in [-0.15, -0.1) is 0 Å². The zero-order chi connectivity index (χ0) is 16.5. The Morgan fingerprint density at radius 2 is 2.00 bits per heavy atom. The molecule has 0 aromatic carbocycles. The lowest BCUT2D eigenvalue weighted by atomic mass is 9.84. The number of carbonyl (C=O) groups is 1. The summed E-state index contributed by atoms with van der Waals surface area (Å²) < 4.78 is 8.00. The highest BCUT2D eigenvalue weighted by molar-refractivity contribution is 5.81. The molecule has 0 bridgehead atoms. The maximum absolute atomic E-state index is 12.5. The van der Waals surface area contributed by atoms with E-state index in [-0.39, 0.29) is 12.0 Å². The minimum absolute atomic E-state index is 0.164. The number of amides is 1. The van der Waals surface area contributed by atoms with Gasteiger partial charge >= 0.3 is 0 Å². The van der Waals surface area contributed by atoms with Gasteiger partial charge in [-0.1, -0.05) is 6.42 Å². The molecule has 5 heteroatoms. The van der Waals surface area contributed by atoms with E-state index < -0.39 is 0 Å². The lowest BCUT2D eigenvalue weighted by Crippen LogP contribution is -2.44. The number of aryl methyl sites for hydroxylation is 1. The van der Waals surface area contributed by atoms with E-state index in [1.807, 2.05) is 11.1 Å². The zero-order valence-electron chi connectivity index (χ0n) is 14.7. The molecule has 5 nitrogen and oxygen atoms in total. The quantitative estimate of drug-likeness (QED) is 0.852. The molecular formula is C19H29N3O2. The van der Waals surface area contributed by atoms with E-state index in [1.165, 1.54) is 30.8 Å². The lowest BCUT2D eigenvalue weighted by Gasteiger charge is -2.34. The summed E-state index contributed by atoms with van der Waals surface area (Å²) in [5.41, 5.74) is 1.29. The van der Waals surface area contributed by atoms with Crippen molar-refractivity contribution >= 4 is 5.91 Å². The summed E-state index contributed by atoms with van der Waals surface area (Å²) in [7, 11) is 0. The molecule has 1 amide bonds. The highest BCUT2D eigenvalue weighted by Gasteiger charge is 2.32. The number of hydrogen-bond donors (Lipinski definition) is 0. The molecule has 3 fully saturated rings. The van der Waals surface area contributed by atoms with Crippen molar-refractivity contribution in [1.29, 1.82) is 0 Å². The standard InChI is InChI=1S/C19H29N3O2/c1-14-12-20-18(16-4-2-5-16)22(14)13-15-7-9-21(10-8-15)19(23)17-6-3-11-24-17/h12,15-17H,2-11,13H2,1H3. The molecule has 0 N–H and O–H groups in total. The summed E-state index contributed by atoms with van der Waals surface area (Å²) in [5, 5.41) is 0. The van der Waals surface area contributed by atoms with E-state index in [9.17, 15) is 4.79 Å². The molecule has 0 radical (unpaired) electrons. The molecule has 1 aliphatic carbocycles. The normalized spacial score (nSPS) is 25.9. The molecule has 24 heavy (non-hydrogen) atoms. The van der Waals surface area contributed by atoms with Gasteiger partial charge in [0.2, 0.25) is 0 Å². The first-order valence-electron chi connectivity index (χ1n) is 9.65. The summed E-state index contributed by atoms with van der Waals surface area (Å²) in [4.78, 5) is 19.2. The number of carbonyl (C=O) groups excluding carboxylic acids is 1. The van der Waals surface area contributed by atoms with E-state index >= 15 is 0 Å². The Morgan fingerprint density at radius 1 is 1.21 bits per heavy atom. The predicted octanol–water partition coefficient (Wildman–Crippen LogP) is 2.88. The van der Waals surface area contributed by atoms with Crippen LogP contribution in [-0.2, 0) is 16.1 Å². The van der Waals surface area contributed by atoms with E-state index in [0.717, 1.165) is 51.9 Å². The van der Waals surface area contributed by atoms with Gasteiger partial charge < -0.3 is 14.2 Å². The Bertz CT molecular complexity index is 579. The van der Waals surface area contributed by atoms with Crippen molar-refractivity contribution in [3.8, 4) is 0 Å². The van der Waals surface area contributed by atoms with Crippen LogP contribution in [0.15, 0.2) is 6.20 Å². The fraction of sp³-hybridized carbons (Fsp3) is 0.789. The highest BCUT2D eigenvalue weighted by Crippen LogP contribution is 2.36. The Hall–Kier alpha value is -1.36. The number of ether oxygens (including phenoxy) is 1. The third-order valence-corrected chi connectivity index (χ3v) is 6.13. The maximum Gasteiger partial charge on any atom is 0.251 e. The molecule has 3 heterocycles. The molecule has 3 aliphatic rings. The number of hydrogen-bond acceptors (Lipinski definition) is 3. The smallest absolute Gasteiger partial charge is 0.251 e. The molecule has 1 unspecified atom stereocenters. The maximum atomic E-state index is 12.5. The van der Waals surface area contributed by atoms with Gasteiger partial charge in [0.05, 0.1) is 0 Å². The number of imidazole rings is 1. The molecule has 1 aromatic rings. The van der Waals surface area contributed by atoms with Gasteiger partial charge in [-0.05, 0) is 51.4 Å². The first kappa shape index (κ1) is 16.1. The third-order valence-electron chi connectivity index (χ3n) is 6.13. The second-order valence-corrected chi connectivity index (χ2v) is 7.77. The Balaban J connectivity index is 1.33. The summed E-state index contributed by atoms with van der Waals surface area (Å²) in [6, 6.07) is 0. The molecule has 1 aromatic heterocycles. The SMILES string of the molecule is Cc1cnc(C2CCC2)n1CC1CCN(C(=O)C2CCCO2)CC1. The van der Waals surface area contributed by atoms with Crippen LogP contribution in [-0.4, -0.2) is 46.2 Å². The molecule has 2 aliphatic heterocycles. The highest BCUT2D eigenvalue weighted by atomic mass is 16.5. The van der Waals surface area contributed by atoms with Crippen molar-refractivity contribution in [2.24, 2.45) is 5.92 Å². The van der Waals surface area contributed by atoms with E-state index in [1.54, 1.807) is 0 Å². The molecule has 0 spiro atoms. The van der Waals surface area contributed by atoms with Crippen LogP contribution >= 0.6 is 0 Å². The fourth-order valence-corrected chi connectivity index (χ4v) is 4.28. The lowest BCUT2D eigenvalue weighted by molar-refractivity contribution is -0.142.